The highest BCUT2D eigenvalue weighted by Gasteiger charge is 1.71. The summed E-state index contributed by atoms with van der Waals surface area (Å²) in [5.41, 5.74) is 0. The monoisotopic (exact) mass is 442 g/mol. The van der Waals surface area contributed by atoms with E-state index in [1.165, 1.54) is 14.3 Å². The second-order valence-electron chi connectivity index (χ2n) is 3.07. The van der Waals surface area contributed by atoms with Crippen LogP contribution < -0.4 is 0 Å². The molecule has 0 amide bonds. The number of aldehydes is 1. The zero-order chi connectivity index (χ0) is 23.8. The van der Waals surface area contributed by atoms with Crippen LogP contribution in [0, 0.1) is 0 Å². The molecular weight excluding hydrogens is 399 g/mol. The Hall–Kier alpha value is 0.120. The van der Waals surface area contributed by atoms with Crippen LogP contribution in [0.15, 0.2) is 0 Å². The molecule has 9 heteroatoms. The van der Waals surface area contributed by atoms with Crippen molar-refractivity contribution in [2.75, 3.05) is 0 Å². The van der Waals surface area contributed by atoms with Crippen molar-refractivity contribution in [3.05, 3.63) is 0 Å². The molecule has 0 aliphatic heterocycles. The first-order chi connectivity index (χ1) is 12.3. The van der Waals surface area contributed by atoms with Crippen molar-refractivity contribution in [3.63, 3.8) is 0 Å². The minimum absolute atomic E-state index is 0. The summed E-state index contributed by atoms with van der Waals surface area (Å²) in [5.74, 6) is -0.833. The van der Waals surface area contributed by atoms with E-state index in [1.807, 2.05) is 6.92 Å². The van der Waals surface area contributed by atoms with Crippen LogP contribution in [0.3, 0.4) is 0 Å². The lowest BCUT2D eigenvalue weighted by Crippen LogP contribution is -1.85. The molecule has 0 spiro atoms. The summed E-state index contributed by atoms with van der Waals surface area (Å²) in [6.45, 7) is 8.91. The lowest BCUT2D eigenvalue weighted by molar-refractivity contribution is -0.134. The number of carboxylic acids is 1. The number of alkyl halides is 1. The summed E-state index contributed by atoms with van der Waals surface area (Å²) in [6.07, 6.45) is 1.29. The van der Waals surface area contributed by atoms with Gasteiger partial charge in [-0.25, -0.2) is 4.21 Å². The van der Waals surface area contributed by atoms with Crippen LogP contribution in [0.25, 0.3) is 0 Å². The molecule has 0 heterocycles. The molecular formula is C15H41Cl3O5S. The molecule has 0 saturated heterocycles. The summed E-state index contributed by atoms with van der Waals surface area (Å²) in [7, 11) is 8.61. The van der Waals surface area contributed by atoms with Crippen molar-refractivity contribution in [1.82, 2.24) is 0 Å². The maximum absolute atomic E-state index is 9.09. The number of hydrogen-bond acceptors (Lipinski definition) is 4. The number of hydrogen-bond donors (Lipinski definition) is 2. The quantitative estimate of drug-likeness (QED) is 0.260. The Morgan fingerprint density at radius 3 is 1.50 bits per heavy atom. The third-order valence-electron chi connectivity index (χ3n) is 0. The predicted molar refractivity (Wildman–Crippen MR) is 115 cm³/mol. The SMILES string of the molecule is C.CC(=O)O.CC=O.O=S(Cl)Cl.[2H]C.[2H]CC(C)Cl.[2H]CC(C)O.[2H]CCC.[HH]. The fourth-order valence-corrected chi connectivity index (χ4v) is 0. The van der Waals surface area contributed by atoms with E-state index < -0.39 is 21.3 Å². The summed E-state index contributed by atoms with van der Waals surface area (Å²) >= 11 is 5.27. The van der Waals surface area contributed by atoms with Gasteiger partial charge in [0.2, 0.25) is 9.23 Å². The van der Waals surface area contributed by atoms with Crippen molar-refractivity contribution in [2.24, 2.45) is 0 Å². The molecule has 24 heavy (non-hydrogen) atoms. The molecule has 2 unspecified atom stereocenters. The van der Waals surface area contributed by atoms with Crippen LogP contribution in [0.1, 0.15) is 83.5 Å². The van der Waals surface area contributed by atoms with Gasteiger partial charge in [-0.3, -0.25) is 4.79 Å². The Balaban J connectivity index is -0.0000000231. The van der Waals surface area contributed by atoms with Gasteiger partial charge in [-0.05, 0) is 34.6 Å². The van der Waals surface area contributed by atoms with Gasteiger partial charge in [-0.2, -0.15) is 0 Å². The molecule has 0 aromatic heterocycles. The lowest BCUT2D eigenvalue weighted by Gasteiger charge is -1.80. The Morgan fingerprint density at radius 2 is 1.50 bits per heavy atom. The maximum atomic E-state index is 9.09. The molecule has 2 N–H and O–H groups in total. The largest absolute Gasteiger partial charge is 0.481 e. The van der Waals surface area contributed by atoms with Crippen molar-refractivity contribution in [3.8, 4) is 0 Å². The first-order valence-corrected chi connectivity index (χ1v) is 9.11. The van der Waals surface area contributed by atoms with Gasteiger partial charge in [0.1, 0.15) is 6.29 Å². The summed E-state index contributed by atoms with van der Waals surface area (Å²) in [6, 6.07) is 0. The van der Waals surface area contributed by atoms with E-state index in [9.17, 15) is 0 Å². The maximum Gasteiger partial charge on any atom is 0.300 e. The number of carbonyl (C=O) groups is 2. The molecule has 0 radical (unpaired) electrons. The van der Waals surface area contributed by atoms with Crippen LogP contribution in [0.5, 0.6) is 0 Å². The smallest absolute Gasteiger partial charge is 0.300 e. The van der Waals surface area contributed by atoms with Gasteiger partial charge in [-0.1, -0.05) is 35.1 Å². The molecule has 158 valence electrons. The zero-order valence-corrected chi connectivity index (χ0v) is 17.8. The topological polar surface area (TPSA) is 91.7 Å². The minimum atomic E-state index is -1.67. The number of aliphatic carboxylic acids is 1. The van der Waals surface area contributed by atoms with Gasteiger partial charge < -0.3 is 15.0 Å². The van der Waals surface area contributed by atoms with Gasteiger partial charge in [0.25, 0.3) is 5.97 Å². The highest BCUT2D eigenvalue weighted by atomic mass is 36.0. The van der Waals surface area contributed by atoms with Crippen LogP contribution in [-0.2, 0) is 18.8 Å². The fourth-order valence-electron chi connectivity index (χ4n) is 0. The van der Waals surface area contributed by atoms with E-state index in [0.717, 1.165) is 19.6 Å². The molecule has 0 fully saturated rings. The van der Waals surface area contributed by atoms with E-state index in [-0.39, 0.29) is 21.1 Å². The van der Waals surface area contributed by atoms with Gasteiger partial charge in [0.15, 0.2) is 0 Å². The van der Waals surface area contributed by atoms with E-state index in [1.54, 1.807) is 13.8 Å². The van der Waals surface area contributed by atoms with Crippen LogP contribution in [0.2, 0.25) is 0 Å². The first-order valence-electron chi connectivity index (χ1n) is 8.99. The summed E-state index contributed by atoms with van der Waals surface area (Å²) in [5, 5.41) is 15.6. The second-order valence-corrected chi connectivity index (χ2v) is 6.34. The van der Waals surface area contributed by atoms with Crippen LogP contribution in [0.4, 0.5) is 0 Å². The molecule has 0 bridgehead atoms. The van der Waals surface area contributed by atoms with Crippen LogP contribution in [-0.4, -0.2) is 38.2 Å². The Morgan fingerprint density at radius 1 is 1.38 bits per heavy atom. The molecule has 0 saturated carbocycles. The fraction of sp³-hybridized carbons (Fsp3) is 0.867. The Bertz CT molecular complexity index is 242. The number of carboxylic acid groups (broad SMARTS) is 1. The van der Waals surface area contributed by atoms with Gasteiger partial charge >= 0.3 is 0 Å². The zero-order valence-electron chi connectivity index (χ0n) is 18.7. The first kappa shape index (κ1) is 31.8. The number of halogens is 3. The predicted octanol–water partition coefficient (Wildman–Crippen LogP) is 6.29. The molecule has 0 rings (SSSR count). The molecule has 5 nitrogen and oxygen atoms in total. The third-order valence-corrected chi connectivity index (χ3v) is 0. The number of aliphatic hydroxyl groups excluding tert-OH is 1. The average molecular weight is 444 g/mol. The normalized spacial score (nSPS) is 11.0. The summed E-state index contributed by atoms with van der Waals surface area (Å²) in [4.78, 5) is 17.8. The highest BCUT2D eigenvalue weighted by molar-refractivity contribution is 8.26. The lowest BCUT2D eigenvalue weighted by atomic mass is 10.5. The van der Waals surface area contributed by atoms with Crippen molar-refractivity contribution in [1.29, 1.82) is 0 Å². The summed E-state index contributed by atoms with van der Waals surface area (Å²) < 4.78 is 34.2. The number of aliphatic hydroxyl groups is 1. The molecule has 0 aliphatic rings. The minimum Gasteiger partial charge on any atom is -0.481 e. The van der Waals surface area contributed by atoms with E-state index in [0.29, 0.717) is 13.8 Å². The number of rotatable bonds is 0. The van der Waals surface area contributed by atoms with Crippen molar-refractivity contribution in [2.45, 2.75) is 88.0 Å². The number of carbonyl (C=O) groups excluding carboxylic acids is 1. The van der Waals surface area contributed by atoms with E-state index >= 15 is 0 Å². The van der Waals surface area contributed by atoms with Gasteiger partial charge in [-0.15, -0.1) is 11.6 Å². The average Bonchev–Trinajstić information content (AvgIpc) is 2.57. The van der Waals surface area contributed by atoms with E-state index in [4.69, 9.17) is 41.1 Å². The van der Waals surface area contributed by atoms with Gasteiger partial charge in [0, 0.05) is 46.7 Å². The molecule has 0 aliphatic carbocycles. The third kappa shape index (κ3) is 685000. The van der Waals surface area contributed by atoms with Crippen molar-refractivity contribution < 1.29 is 30.9 Å². The van der Waals surface area contributed by atoms with Crippen LogP contribution >= 0.6 is 33.0 Å². The van der Waals surface area contributed by atoms with Gasteiger partial charge in [0.05, 0.1) is 0 Å². The van der Waals surface area contributed by atoms with E-state index in [2.05, 4.69) is 21.4 Å². The molecule has 2 atom stereocenters. The highest BCUT2D eigenvalue weighted by Crippen LogP contribution is 1.89. The second kappa shape index (κ2) is 56.7. The Kier molecular flexibility index (Phi) is 75.3. The standard InChI is InChI=1S/C3H7Cl.C3H8O.C3H8.C2H4O2.C2H4O.2CH4.Cl2OS.H2/c2*1-3(2)4;1-3-2;1-2(3)4;1-2-3;;;1-4(2)3;/h3H,1-2H3;3-4H,1-2H3;3H2,1-2H3;1H3,(H,3,4);2H,1H3;2*1H4;;1H/i3*1D;;;1D;;;. The van der Waals surface area contributed by atoms with Crippen molar-refractivity contribution >= 4 is 54.4 Å². The Labute approximate surface area is 173 Å². The molecule has 0 aromatic rings. The molecule has 0 aromatic carbocycles.